The normalized spacial score (nSPS) is 9.88. The van der Waals surface area contributed by atoms with Gasteiger partial charge in [0.1, 0.15) is 0 Å². The Balaban J connectivity index is 2.30. The van der Waals surface area contributed by atoms with E-state index < -0.39 is 0 Å². The second-order valence-electron chi connectivity index (χ2n) is 3.45. The molecule has 0 atom stereocenters. The molecular weight excluding hydrogens is 218 g/mol. The summed E-state index contributed by atoms with van der Waals surface area (Å²) in [6.45, 7) is 2.43. The van der Waals surface area contributed by atoms with Crippen molar-refractivity contribution in [2.75, 3.05) is 44.5 Å². The Morgan fingerprint density at radius 2 is 2.18 bits per heavy atom. The third-order valence-electron chi connectivity index (χ3n) is 2.17. The number of nitriles is 1. The minimum Gasteiger partial charge on any atom is -0.397 e. The van der Waals surface area contributed by atoms with Gasteiger partial charge in [0, 0.05) is 13.7 Å². The van der Waals surface area contributed by atoms with Crippen molar-refractivity contribution in [2.45, 2.75) is 0 Å². The zero-order valence-corrected chi connectivity index (χ0v) is 9.90. The first-order valence-corrected chi connectivity index (χ1v) is 5.38. The third-order valence-corrected chi connectivity index (χ3v) is 2.17. The average Bonchev–Trinajstić information content (AvgIpc) is 2.35. The van der Waals surface area contributed by atoms with Gasteiger partial charge in [-0.3, -0.25) is 0 Å². The van der Waals surface area contributed by atoms with Crippen molar-refractivity contribution < 1.29 is 9.47 Å². The number of anilines is 2. The van der Waals surface area contributed by atoms with Crippen LogP contribution in [-0.4, -0.2) is 33.5 Å². The van der Waals surface area contributed by atoms with Gasteiger partial charge in [0.15, 0.2) is 0 Å². The van der Waals surface area contributed by atoms with Gasteiger partial charge in [0.25, 0.3) is 0 Å². The van der Waals surface area contributed by atoms with E-state index in [2.05, 4.69) is 5.32 Å². The van der Waals surface area contributed by atoms with Crippen LogP contribution in [-0.2, 0) is 9.47 Å². The number of hydrogen-bond acceptors (Lipinski definition) is 5. The van der Waals surface area contributed by atoms with Crippen molar-refractivity contribution in [2.24, 2.45) is 0 Å². The van der Waals surface area contributed by atoms with Crippen LogP contribution in [0.5, 0.6) is 0 Å². The molecule has 17 heavy (non-hydrogen) atoms. The predicted molar refractivity (Wildman–Crippen MR) is 66.8 cm³/mol. The maximum Gasteiger partial charge on any atom is 0.0992 e. The SMILES string of the molecule is COCCOCCNc1ccc(C#N)cc1N. The summed E-state index contributed by atoms with van der Waals surface area (Å²) in [5, 5.41) is 11.8. The number of rotatable bonds is 7. The molecule has 0 fully saturated rings. The van der Waals surface area contributed by atoms with Gasteiger partial charge in [0.2, 0.25) is 0 Å². The molecule has 0 radical (unpaired) electrons. The Morgan fingerprint density at radius 1 is 1.35 bits per heavy atom. The summed E-state index contributed by atoms with van der Waals surface area (Å²) < 4.78 is 10.2. The quantitative estimate of drug-likeness (QED) is 0.548. The van der Waals surface area contributed by atoms with Crippen molar-refractivity contribution in [3.63, 3.8) is 0 Å². The Morgan fingerprint density at radius 3 is 2.82 bits per heavy atom. The van der Waals surface area contributed by atoms with Crippen LogP contribution in [0.1, 0.15) is 5.56 Å². The first-order valence-electron chi connectivity index (χ1n) is 5.38. The predicted octanol–water partition coefficient (Wildman–Crippen LogP) is 1.22. The summed E-state index contributed by atoms with van der Waals surface area (Å²) in [6, 6.07) is 7.21. The lowest BCUT2D eigenvalue weighted by molar-refractivity contribution is 0.0759. The number of nitrogens with one attached hydrogen (secondary N) is 1. The van der Waals surface area contributed by atoms with Crippen molar-refractivity contribution >= 4 is 11.4 Å². The summed E-state index contributed by atoms with van der Waals surface area (Å²) in [7, 11) is 1.64. The molecule has 0 saturated heterocycles. The van der Waals surface area contributed by atoms with Gasteiger partial charge in [-0.15, -0.1) is 0 Å². The number of hydrogen-bond donors (Lipinski definition) is 2. The molecule has 0 aliphatic carbocycles. The lowest BCUT2D eigenvalue weighted by atomic mass is 10.2. The maximum atomic E-state index is 8.69. The van der Waals surface area contributed by atoms with Crippen LogP contribution in [0.3, 0.4) is 0 Å². The molecule has 5 heteroatoms. The van der Waals surface area contributed by atoms with E-state index in [0.717, 1.165) is 5.69 Å². The number of ether oxygens (including phenoxy) is 2. The van der Waals surface area contributed by atoms with E-state index in [9.17, 15) is 0 Å². The Kier molecular flexibility index (Phi) is 5.86. The molecule has 3 N–H and O–H groups in total. The van der Waals surface area contributed by atoms with Crippen molar-refractivity contribution in [1.82, 2.24) is 0 Å². The molecule has 0 bridgehead atoms. The molecule has 1 rings (SSSR count). The van der Waals surface area contributed by atoms with Crippen LogP contribution in [0.25, 0.3) is 0 Å². The molecule has 1 aromatic carbocycles. The Hall–Kier alpha value is -1.77. The Bertz CT molecular complexity index is 388. The molecule has 0 aromatic heterocycles. The van der Waals surface area contributed by atoms with E-state index in [0.29, 0.717) is 37.6 Å². The monoisotopic (exact) mass is 235 g/mol. The van der Waals surface area contributed by atoms with E-state index in [1.54, 1.807) is 25.3 Å². The fraction of sp³-hybridized carbons (Fsp3) is 0.417. The summed E-state index contributed by atoms with van der Waals surface area (Å²) in [5.74, 6) is 0. The van der Waals surface area contributed by atoms with Gasteiger partial charge in [-0.05, 0) is 18.2 Å². The largest absolute Gasteiger partial charge is 0.397 e. The van der Waals surface area contributed by atoms with E-state index >= 15 is 0 Å². The highest BCUT2D eigenvalue weighted by Crippen LogP contribution is 2.18. The Labute approximate surface area is 101 Å². The van der Waals surface area contributed by atoms with Gasteiger partial charge in [-0.25, -0.2) is 0 Å². The van der Waals surface area contributed by atoms with Crippen molar-refractivity contribution in [3.05, 3.63) is 23.8 Å². The number of nitrogens with two attached hydrogens (primary N) is 1. The molecule has 0 aliphatic heterocycles. The molecule has 0 saturated carbocycles. The van der Waals surface area contributed by atoms with Gasteiger partial charge in [-0.1, -0.05) is 0 Å². The minimum atomic E-state index is 0.560. The average molecular weight is 235 g/mol. The zero-order valence-electron chi connectivity index (χ0n) is 9.90. The molecule has 92 valence electrons. The van der Waals surface area contributed by atoms with Crippen LogP contribution in [0.2, 0.25) is 0 Å². The van der Waals surface area contributed by atoms with E-state index in [4.69, 9.17) is 20.5 Å². The standard InChI is InChI=1S/C12H17N3O2/c1-16-6-7-17-5-4-15-12-3-2-10(9-13)8-11(12)14/h2-3,8,15H,4-7,14H2,1H3. The number of nitrogen functional groups attached to an aromatic ring is 1. The zero-order chi connectivity index (χ0) is 12.5. The minimum absolute atomic E-state index is 0.560. The smallest absolute Gasteiger partial charge is 0.0992 e. The molecule has 0 unspecified atom stereocenters. The first kappa shape index (κ1) is 13.3. The number of nitrogens with zero attached hydrogens (tertiary/aromatic N) is 1. The lowest BCUT2D eigenvalue weighted by Gasteiger charge is -2.09. The maximum absolute atomic E-state index is 8.69. The van der Waals surface area contributed by atoms with Crippen LogP contribution in [0.15, 0.2) is 18.2 Å². The van der Waals surface area contributed by atoms with Crippen molar-refractivity contribution in [1.29, 1.82) is 5.26 Å². The summed E-state index contributed by atoms with van der Waals surface area (Å²) in [4.78, 5) is 0. The van der Waals surface area contributed by atoms with E-state index in [1.807, 2.05) is 6.07 Å². The molecule has 0 amide bonds. The second kappa shape index (κ2) is 7.49. The highest BCUT2D eigenvalue weighted by Gasteiger charge is 1.99. The van der Waals surface area contributed by atoms with Gasteiger partial charge in [0.05, 0.1) is 42.8 Å². The molecule has 0 aliphatic rings. The molecule has 0 spiro atoms. The van der Waals surface area contributed by atoms with Gasteiger partial charge < -0.3 is 20.5 Å². The van der Waals surface area contributed by atoms with Crippen LogP contribution < -0.4 is 11.1 Å². The highest BCUT2D eigenvalue weighted by molar-refractivity contribution is 5.68. The van der Waals surface area contributed by atoms with Crippen LogP contribution in [0.4, 0.5) is 11.4 Å². The van der Waals surface area contributed by atoms with Gasteiger partial charge in [-0.2, -0.15) is 5.26 Å². The summed E-state index contributed by atoms with van der Waals surface area (Å²) in [6.07, 6.45) is 0. The number of methoxy groups -OCH3 is 1. The van der Waals surface area contributed by atoms with E-state index in [-0.39, 0.29) is 0 Å². The molecule has 1 aromatic rings. The fourth-order valence-electron chi connectivity index (χ4n) is 1.30. The fourth-order valence-corrected chi connectivity index (χ4v) is 1.30. The molecular formula is C12H17N3O2. The topological polar surface area (TPSA) is 80.3 Å². The van der Waals surface area contributed by atoms with Crippen molar-refractivity contribution in [3.8, 4) is 6.07 Å². The highest BCUT2D eigenvalue weighted by atomic mass is 16.5. The van der Waals surface area contributed by atoms with Crippen LogP contribution >= 0.6 is 0 Å². The van der Waals surface area contributed by atoms with Gasteiger partial charge >= 0.3 is 0 Å². The number of benzene rings is 1. The lowest BCUT2D eigenvalue weighted by Crippen LogP contribution is -2.12. The third kappa shape index (κ3) is 4.72. The van der Waals surface area contributed by atoms with E-state index in [1.165, 1.54) is 0 Å². The molecule has 5 nitrogen and oxygen atoms in total. The van der Waals surface area contributed by atoms with Crippen LogP contribution in [0, 0.1) is 11.3 Å². The summed E-state index contributed by atoms with van der Waals surface area (Å²) >= 11 is 0. The second-order valence-corrected chi connectivity index (χ2v) is 3.45. The molecule has 0 heterocycles. The summed E-state index contributed by atoms with van der Waals surface area (Å²) in [5.41, 5.74) is 7.73. The first-order chi connectivity index (χ1) is 8.27.